The zero-order chi connectivity index (χ0) is 11.4. The van der Waals surface area contributed by atoms with Crippen LogP contribution in [-0.2, 0) is 0 Å². The minimum atomic E-state index is 0.111. The Morgan fingerprint density at radius 2 is 2.07 bits per heavy atom. The Balaban J connectivity index is 2.99. The molecule has 0 unspecified atom stereocenters. The van der Waals surface area contributed by atoms with Crippen LogP contribution in [0, 0.1) is 5.41 Å². The fourth-order valence-corrected chi connectivity index (χ4v) is 1.73. The zero-order valence-electron chi connectivity index (χ0n) is 9.00. The summed E-state index contributed by atoms with van der Waals surface area (Å²) >= 11 is 7.33. The van der Waals surface area contributed by atoms with E-state index in [0.29, 0.717) is 15.8 Å². The van der Waals surface area contributed by atoms with Crippen LogP contribution in [-0.4, -0.2) is 17.4 Å². The van der Waals surface area contributed by atoms with E-state index in [1.54, 1.807) is 12.1 Å². The lowest BCUT2D eigenvalue weighted by Gasteiger charge is -2.11. The number of nitrogens with one attached hydrogen (secondary N) is 1. The molecule has 0 aliphatic heterocycles. The van der Waals surface area contributed by atoms with E-state index in [2.05, 4.69) is 0 Å². The Labute approximate surface area is 99.5 Å². The van der Waals surface area contributed by atoms with Gasteiger partial charge in [-0.3, -0.25) is 5.41 Å². The number of hydrogen-bond donors (Lipinski definition) is 1. The summed E-state index contributed by atoms with van der Waals surface area (Å²) < 4.78 is 5.54. The van der Waals surface area contributed by atoms with E-state index in [1.165, 1.54) is 11.8 Å². The van der Waals surface area contributed by atoms with E-state index in [9.17, 15) is 0 Å². The van der Waals surface area contributed by atoms with E-state index < -0.39 is 0 Å². The molecular weight excluding hydrogens is 230 g/mol. The number of benzene rings is 1. The normalized spacial score (nSPS) is 10.5. The largest absolute Gasteiger partial charge is 0.491 e. The lowest BCUT2D eigenvalue weighted by Crippen LogP contribution is -2.06. The second-order valence-corrected chi connectivity index (χ2v) is 4.63. The van der Waals surface area contributed by atoms with Crippen LogP contribution in [0.25, 0.3) is 0 Å². The van der Waals surface area contributed by atoms with Crippen molar-refractivity contribution >= 4 is 28.4 Å². The van der Waals surface area contributed by atoms with Crippen LogP contribution in [0.4, 0.5) is 0 Å². The third-order valence-corrected chi connectivity index (χ3v) is 2.57. The zero-order valence-corrected chi connectivity index (χ0v) is 10.6. The minimum absolute atomic E-state index is 0.111. The van der Waals surface area contributed by atoms with Gasteiger partial charge in [0.1, 0.15) is 5.75 Å². The van der Waals surface area contributed by atoms with Crippen molar-refractivity contribution in [3.8, 4) is 5.75 Å². The van der Waals surface area contributed by atoms with Crippen molar-refractivity contribution in [3.05, 3.63) is 28.8 Å². The third-order valence-electron chi connectivity index (χ3n) is 1.71. The first kappa shape index (κ1) is 12.4. The van der Waals surface area contributed by atoms with Crippen LogP contribution < -0.4 is 4.74 Å². The van der Waals surface area contributed by atoms with Crippen molar-refractivity contribution in [1.29, 1.82) is 5.41 Å². The fourth-order valence-electron chi connectivity index (χ4n) is 1.15. The van der Waals surface area contributed by atoms with Gasteiger partial charge in [0.25, 0.3) is 0 Å². The van der Waals surface area contributed by atoms with Gasteiger partial charge in [0.05, 0.1) is 11.1 Å². The number of ether oxygens (including phenoxy) is 1. The molecule has 0 fully saturated rings. The van der Waals surface area contributed by atoms with Crippen LogP contribution in [0.5, 0.6) is 5.75 Å². The van der Waals surface area contributed by atoms with Gasteiger partial charge in [0, 0.05) is 10.6 Å². The highest BCUT2D eigenvalue weighted by Gasteiger charge is 2.05. The quantitative estimate of drug-likeness (QED) is 0.647. The van der Waals surface area contributed by atoms with Gasteiger partial charge in [-0.2, -0.15) is 0 Å². The summed E-state index contributed by atoms with van der Waals surface area (Å²) in [6.45, 7) is 3.92. The van der Waals surface area contributed by atoms with Crippen LogP contribution >= 0.6 is 23.4 Å². The number of thioether (sulfide) groups is 1. The molecule has 82 valence electrons. The first-order valence-electron chi connectivity index (χ1n) is 4.63. The highest BCUT2D eigenvalue weighted by Crippen LogP contribution is 2.24. The van der Waals surface area contributed by atoms with Crippen molar-refractivity contribution in [3.63, 3.8) is 0 Å². The highest BCUT2D eigenvalue weighted by atomic mass is 35.5. The average molecular weight is 244 g/mol. The molecule has 2 nitrogen and oxygen atoms in total. The van der Waals surface area contributed by atoms with E-state index >= 15 is 0 Å². The summed E-state index contributed by atoms with van der Waals surface area (Å²) in [4.78, 5) is 0. The maximum Gasteiger partial charge on any atom is 0.121 e. The Hall–Kier alpha value is -0.670. The van der Waals surface area contributed by atoms with Gasteiger partial charge in [0.2, 0.25) is 0 Å². The molecule has 0 atom stereocenters. The maximum absolute atomic E-state index is 7.70. The fraction of sp³-hybridized carbons (Fsp3) is 0.364. The van der Waals surface area contributed by atoms with E-state index in [0.717, 1.165) is 5.56 Å². The summed E-state index contributed by atoms with van der Waals surface area (Å²) in [5, 5.41) is 8.79. The Bertz CT molecular complexity index is 366. The smallest absolute Gasteiger partial charge is 0.121 e. The Morgan fingerprint density at radius 1 is 1.40 bits per heavy atom. The number of halogens is 1. The van der Waals surface area contributed by atoms with Crippen LogP contribution in [0.2, 0.25) is 5.02 Å². The monoisotopic (exact) mass is 243 g/mol. The molecule has 1 rings (SSSR count). The summed E-state index contributed by atoms with van der Waals surface area (Å²) in [5.74, 6) is 0.714. The topological polar surface area (TPSA) is 33.1 Å². The van der Waals surface area contributed by atoms with E-state index in [4.69, 9.17) is 21.7 Å². The number of rotatable bonds is 3. The minimum Gasteiger partial charge on any atom is -0.491 e. The molecule has 0 radical (unpaired) electrons. The van der Waals surface area contributed by atoms with Crippen LogP contribution in [0.15, 0.2) is 18.2 Å². The molecule has 0 saturated carbocycles. The molecule has 0 aliphatic rings. The first-order valence-corrected chi connectivity index (χ1v) is 6.23. The summed E-state index contributed by atoms with van der Waals surface area (Å²) in [7, 11) is 0. The molecule has 1 aromatic carbocycles. The lowest BCUT2D eigenvalue weighted by molar-refractivity contribution is 0.242. The van der Waals surface area contributed by atoms with Gasteiger partial charge in [-0.1, -0.05) is 11.6 Å². The van der Waals surface area contributed by atoms with Gasteiger partial charge < -0.3 is 4.74 Å². The van der Waals surface area contributed by atoms with Gasteiger partial charge in [-0.05, 0) is 38.3 Å². The van der Waals surface area contributed by atoms with E-state index in [-0.39, 0.29) is 6.10 Å². The van der Waals surface area contributed by atoms with Gasteiger partial charge in [-0.25, -0.2) is 0 Å². The molecule has 4 heteroatoms. The molecular formula is C11H14ClNOS. The van der Waals surface area contributed by atoms with Crippen molar-refractivity contribution in [1.82, 2.24) is 0 Å². The average Bonchev–Trinajstić information content (AvgIpc) is 2.14. The van der Waals surface area contributed by atoms with Crippen LogP contribution in [0.1, 0.15) is 19.4 Å². The summed E-state index contributed by atoms with van der Waals surface area (Å²) in [5.41, 5.74) is 0.797. The Morgan fingerprint density at radius 3 is 2.60 bits per heavy atom. The second kappa shape index (κ2) is 5.42. The molecule has 0 amide bonds. The SMILES string of the molecule is CSC(=N)c1cc(Cl)cc(OC(C)C)c1. The van der Waals surface area contributed by atoms with Crippen molar-refractivity contribution in [2.45, 2.75) is 20.0 Å². The van der Waals surface area contributed by atoms with Crippen molar-refractivity contribution < 1.29 is 4.74 Å². The molecule has 0 heterocycles. The lowest BCUT2D eigenvalue weighted by atomic mass is 10.2. The van der Waals surface area contributed by atoms with Gasteiger partial charge in [0.15, 0.2) is 0 Å². The van der Waals surface area contributed by atoms with E-state index in [1.807, 2.05) is 26.2 Å². The molecule has 0 aliphatic carbocycles. The molecule has 1 aromatic rings. The van der Waals surface area contributed by atoms with Gasteiger partial charge >= 0.3 is 0 Å². The summed E-state index contributed by atoms with van der Waals surface area (Å²) in [6.07, 6.45) is 1.98. The Kier molecular flexibility index (Phi) is 4.48. The summed E-state index contributed by atoms with van der Waals surface area (Å²) in [6, 6.07) is 5.37. The predicted octanol–water partition coefficient (Wildman–Crippen LogP) is 3.82. The molecule has 0 saturated heterocycles. The van der Waals surface area contributed by atoms with Crippen molar-refractivity contribution in [2.75, 3.05) is 6.26 Å². The third kappa shape index (κ3) is 3.76. The number of hydrogen-bond acceptors (Lipinski definition) is 3. The van der Waals surface area contributed by atoms with Crippen molar-refractivity contribution in [2.24, 2.45) is 0 Å². The first-order chi connectivity index (χ1) is 7.02. The molecule has 15 heavy (non-hydrogen) atoms. The highest BCUT2D eigenvalue weighted by molar-refractivity contribution is 8.13. The molecule has 0 aromatic heterocycles. The standard InChI is InChI=1S/C11H14ClNOS/c1-7(2)14-10-5-8(11(13)15-3)4-9(12)6-10/h4-7,13H,1-3H3. The van der Waals surface area contributed by atoms with Gasteiger partial charge in [-0.15, -0.1) is 11.8 Å². The molecule has 0 bridgehead atoms. The molecule has 1 N–H and O–H groups in total. The second-order valence-electron chi connectivity index (χ2n) is 3.38. The predicted molar refractivity (Wildman–Crippen MR) is 67.6 cm³/mol. The van der Waals surface area contributed by atoms with Crippen LogP contribution in [0.3, 0.4) is 0 Å². The maximum atomic E-state index is 7.70. The molecule has 0 spiro atoms.